The lowest BCUT2D eigenvalue weighted by Gasteiger charge is -2.35. The molecule has 1 saturated carbocycles. The van der Waals surface area contributed by atoms with Gasteiger partial charge in [-0.05, 0) is 54.8 Å². The van der Waals surface area contributed by atoms with Gasteiger partial charge in [-0.2, -0.15) is 0 Å². The number of fused-ring (bicyclic) bond motifs is 3. The van der Waals surface area contributed by atoms with Crippen molar-refractivity contribution in [1.82, 2.24) is 0 Å². The zero-order valence-corrected chi connectivity index (χ0v) is 19.3. The van der Waals surface area contributed by atoms with Crippen LogP contribution in [0.1, 0.15) is 48.3 Å². The molecule has 5 nitrogen and oxygen atoms in total. The SMILES string of the molecule is COc1cccc(Oc2cccc(C3=NC4CCCCC4c4cc(OC)c(OC)cc43)c2)c1. The second-order valence-electron chi connectivity index (χ2n) is 8.54. The summed E-state index contributed by atoms with van der Waals surface area (Å²) in [5.74, 6) is 4.18. The van der Waals surface area contributed by atoms with E-state index in [0.29, 0.717) is 12.0 Å². The summed E-state index contributed by atoms with van der Waals surface area (Å²) in [6.07, 6.45) is 4.73. The van der Waals surface area contributed by atoms with Gasteiger partial charge >= 0.3 is 0 Å². The van der Waals surface area contributed by atoms with Crippen molar-refractivity contribution in [2.75, 3.05) is 21.3 Å². The third-order valence-corrected chi connectivity index (χ3v) is 6.62. The fraction of sp³-hybridized carbons (Fsp3) is 0.321. The molecule has 1 aliphatic carbocycles. The van der Waals surface area contributed by atoms with Crippen LogP contribution in [0.25, 0.3) is 0 Å². The van der Waals surface area contributed by atoms with Gasteiger partial charge in [-0.3, -0.25) is 4.99 Å². The highest BCUT2D eigenvalue weighted by molar-refractivity contribution is 6.15. The number of nitrogens with zero attached hydrogens (tertiary/aromatic N) is 1. The Kier molecular flexibility index (Phi) is 5.95. The minimum atomic E-state index is 0.294. The fourth-order valence-corrected chi connectivity index (χ4v) is 5.01. The maximum atomic E-state index is 6.15. The maximum absolute atomic E-state index is 6.15. The molecule has 5 rings (SSSR count). The summed E-state index contributed by atoms with van der Waals surface area (Å²) in [5, 5.41) is 0. The standard InChI is InChI=1S/C28H29NO4/c1-30-19-9-7-11-21(15-19)33-20-10-6-8-18(14-20)28-24-17-27(32-3)26(31-2)16-23(24)22-12-4-5-13-25(22)29-28/h6-11,14-17,22,25H,4-5,12-13H2,1-3H3. The second-order valence-corrected chi connectivity index (χ2v) is 8.54. The lowest BCUT2D eigenvalue weighted by Crippen LogP contribution is -2.29. The van der Waals surface area contributed by atoms with Crippen LogP contribution in [0.4, 0.5) is 0 Å². The van der Waals surface area contributed by atoms with Crippen LogP contribution >= 0.6 is 0 Å². The Balaban J connectivity index is 1.56. The molecule has 1 aliphatic heterocycles. The Morgan fingerprint density at radius 2 is 1.42 bits per heavy atom. The first-order chi connectivity index (χ1) is 16.2. The Bertz CT molecular complexity index is 1190. The number of methoxy groups -OCH3 is 3. The van der Waals surface area contributed by atoms with Gasteiger partial charge in [0, 0.05) is 23.1 Å². The van der Waals surface area contributed by atoms with Crippen LogP contribution in [-0.4, -0.2) is 33.1 Å². The van der Waals surface area contributed by atoms with E-state index < -0.39 is 0 Å². The van der Waals surface area contributed by atoms with Gasteiger partial charge in [0.2, 0.25) is 0 Å². The third-order valence-electron chi connectivity index (χ3n) is 6.62. The average Bonchev–Trinajstić information content (AvgIpc) is 2.87. The summed E-state index contributed by atoms with van der Waals surface area (Å²) in [5.41, 5.74) is 4.45. The molecule has 5 heteroatoms. The molecule has 2 unspecified atom stereocenters. The third kappa shape index (κ3) is 4.15. The summed E-state index contributed by atoms with van der Waals surface area (Å²) < 4.78 is 22.7. The number of aliphatic imine (C=N–C) groups is 1. The zero-order valence-electron chi connectivity index (χ0n) is 19.3. The van der Waals surface area contributed by atoms with Gasteiger partial charge in [-0.1, -0.05) is 31.0 Å². The van der Waals surface area contributed by atoms with Crippen LogP contribution < -0.4 is 18.9 Å². The summed E-state index contributed by atoms with van der Waals surface area (Å²) >= 11 is 0. The maximum Gasteiger partial charge on any atom is 0.161 e. The van der Waals surface area contributed by atoms with Crippen LogP contribution in [0.3, 0.4) is 0 Å². The first kappa shape index (κ1) is 21.4. The topological polar surface area (TPSA) is 49.3 Å². The molecule has 0 amide bonds. The van der Waals surface area contributed by atoms with Crippen LogP contribution in [0, 0.1) is 0 Å². The van der Waals surface area contributed by atoms with E-state index in [1.807, 2.05) is 36.4 Å². The zero-order chi connectivity index (χ0) is 22.8. The molecule has 170 valence electrons. The Morgan fingerprint density at radius 1 is 0.727 bits per heavy atom. The van der Waals surface area contributed by atoms with E-state index >= 15 is 0 Å². The number of hydrogen-bond donors (Lipinski definition) is 0. The molecule has 1 fully saturated rings. The normalized spacial score (nSPS) is 19.1. The van der Waals surface area contributed by atoms with E-state index in [-0.39, 0.29) is 0 Å². The van der Waals surface area contributed by atoms with Gasteiger partial charge in [-0.15, -0.1) is 0 Å². The summed E-state index contributed by atoms with van der Waals surface area (Å²) in [6, 6.07) is 20.3. The van der Waals surface area contributed by atoms with Crippen molar-refractivity contribution in [3.05, 3.63) is 77.4 Å². The van der Waals surface area contributed by atoms with Crippen LogP contribution in [0.5, 0.6) is 28.7 Å². The molecule has 3 aromatic carbocycles. The molecular formula is C28H29NO4. The van der Waals surface area contributed by atoms with Gasteiger partial charge in [0.05, 0.1) is 33.1 Å². The molecule has 3 aromatic rings. The summed E-state index contributed by atoms with van der Waals surface area (Å²) in [6.45, 7) is 0. The first-order valence-electron chi connectivity index (χ1n) is 11.5. The Labute approximate surface area is 195 Å². The monoisotopic (exact) mass is 443 g/mol. The van der Waals surface area contributed by atoms with Crippen molar-refractivity contribution in [2.24, 2.45) is 4.99 Å². The van der Waals surface area contributed by atoms with Crippen molar-refractivity contribution >= 4 is 5.71 Å². The van der Waals surface area contributed by atoms with Crippen molar-refractivity contribution in [3.63, 3.8) is 0 Å². The van der Waals surface area contributed by atoms with Gasteiger partial charge in [0.1, 0.15) is 17.2 Å². The molecule has 2 atom stereocenters. The fourth-order valence-electron chi connectivity index (χ4n) is 5.01. The highest BCUT2D eigenvalue weighted by Crippen LogP contribution is 2.45. The van der Waals surface area contributed by atoms with Gasteiger partial charge < -0.3 is 18.9 Å². The van der Waals surface area contributed by atoms with E-state index in [2.05, 4.69) is 24.3 Å². The highest BCUT2D eigenvalue weighted by Gasteiger charge is 2.34. The molecule has 0 bridgehead atoms. The molecule has 0 spiro atoms. The van der Waals surface area contributed by atoms with E-state index in [1.165, 1.54) is 18.4 Å². The predicted molar refractivity (Wildman–Crippen MR) is 130 cm³/mol. The van der Waals surface area contributed by atoms with Gasteiger partial charge in [-0.25, -0.2) is 0 Å². The van der Waals surface area contributed by atoms with Crippen molar-refractivity contribution in [1.29, 1.82) is 0 Å². The van der Waals surface area contributed by atoms with Crippen molar-refractivity contribution in [2.45, 2.75) is 37.6 Å². The Morgan fingerprint density at radius 3 is 2.21 bits per heavy atom. The minimum Gasteiger partial charge on any atom is -0.497 e. The first-order valence-corrected chi connectivity index (χ1v) is 11.5. The number of rotatable bonds is 6. The lowest BCUT2D eigenvalue weighted by atomic mass is 9.75. The van der Waals surface area contributed by atoms with E-state index in [4.69, 9.17) is 23.9 Å². The van der Waals surface area contributed by atoms with Crippen LogP contribution in [0.15, 0.2) is 65.7 Å². The van der Waals surface area contributed by atoms with Gasteiger partial charge in [0.15, 0.2) is 11.5 Å². The Hall–Kier alpha value is -3.47. The smallest absolute Gasteiger partial charge is 0.161 e. The van der Waals surface area contributed by atoms with E-state index in [1.54, 1.807) is 21.3 Å². The average molecular weight is 444 g/mol. The number of ether oxygens (including phenoxy) is 4. The van der Waals surface area contributed by atoms with Crippen LogP contribution in [0.2, 0.25) is 0 Å². The van der Waals surface area contributed by atoms with Gasteiger partial charge in [0.25, 0.3) is 0 Å². The molecule has 0 radical (unpaired) electrons. The molecule has 1 heterocycles. The quantitative estimate of drug-likeness (QED) is 0.443. The van der Waals surface area contributed by atoms with Crippen molar-refractivity contribution < 1.29 is 18.9 Å². The van der Waals surface area contributed by atoms with Crippen molar-refractivity contribution in [3.8, 4) is 28.7 Å². The van der Waals surface area contributed by atoms with E-state index in [0.717, 1.165) is 58.4 Å². The minimum absolute atomic E-state index is 0.294. The number of hydrogen-bond acceptors (Lipinski definition) is 5. The molecule has 33 heavy (non-hydrogen) atoms. The second kappa shape index (κ2) is 9.18. The predicted octanol–water partition coefficient (Wildman–Crippen LogP) is 6.38. The summed E-state index contributed by atoms with van der Waals surface area (Å²) in [4.78, 5) is 5.27. The number of benzene rings is 3. The molecule has 0 saturated heterocycles. The molecular weight excluding hydrogens is 414 g/mol. The molecule has 0 N–H and O–H groups in total. The molecule has 0 aromatic heterocycles. The largest absolute Gasteiger partial charge is 0.497 e. The summed E-state index contributed by atoms with van der Waals surface area (Å²) in [7, 11) is 5.02. The van der Waals surface area contributed by atoms with E-state index in [9.17, 15) is 0 Å². The lowest BCUT2D eigenvalue weighted by molar-refractivity contribution is 0.349. The van der Waals surface area contributed by atoms with Crippen LogP contribution in [-0.2, 0) is 0 Å². The molecule has 2 aliphatic rings. The highest BCUT2D eigenvalue weighted by atomic mass is 16.5.